The summed E-state index contributed by atoms with van der Waals surface area (Å²) in [6.45, 7) is 0.124. The lowest BCUT2D eigenvalue weighted by Crippen LogP contribution is -2.41. The first-order valence-electron chi connectivity index (χ1n) is 6.69. The number of hydrogen-bond donors (Lipinski definition) is 2. The van der Waals surface area contributed by atoms with E-state index in [1.807, 2.05) is 0 Å². The van der Waals surface area contributed by atoms with E-state index in [0.29, 0.717) is 0 Å². The summed E-state index contributed by atoms with van der Waals surface area (Å²) >= 11 is 0. The van der Waals surface area contributed by atoms with Gasteiger partial charge in [0.15, 0.2) is 0 Å². The minimum atomic E-state index is -3.79. The molecule has 2 N–H and O–H groups in total. The Morgan fingerprint density at radius 3 is 2.60 bits per heavy atom. The van der Waals surface area contributed by atoms with Crippen molar-refractivity contribution in [1.82, 2.24) is 9.71 Å². The quantitative estimate of drug-likeness (QED) is 0.862. The molecule has 1 aliphatic carbocycles. The zero-order valence-corrected chi connectivity index (χ0v) is 12.0. The Morgan fingerprint density at radius 1 is 1.30 bits per heavy atom. The predicted molar refractivity (Wildman–Crippen MR) is 72.0 cm³/mol. The van der Waals surface area contributed by atoms with Crippen LogP contribution in [0.1, 0.15) is 32.1 Å². The normalized spacial score (nSPS) is 18.9. The smallest absolute Gasteiger partial charge is 0.242 e. The highest BCUT2D eigenvalue weighted by Crippen LogP contribution is 2.35. The Bertz CT molecular complexity index is 556. The van der Waals surface area contributed by atoms with E-state index >= 15 is 0 Å². The lowest BCUT2D eigenvalue weighted by Gasteiger charge is -2.35. The maximum absolute atomic E-state index is 13.0. The molecule has 0 radical (unpaired) electrons. The Kier molecular flexibility index (Phi) is 4.72. The molecule has 1 heterocycles. The highest BCUT2D eigenvalue weighted by atomic mass is 32.2. The van der Waals surface area contributed by atoms with Gasteiger partial charge in [0, 0.05) is 24.8 Å². The fraction of sp³-hybridized carbons (Fsp3) is 0.615. The van der Waals surface area contributed by atoms with Crippen LogP contribution in [0.25, 0.3) is 0 Å². The third-order valence-corrected chi connectivity index (χ3v) is 5.25. The molecular weight excluding hydrogens is 283 g/mol. The molecule has 1 aromatic rings. The molecule has 0 unspecified atom stereocenters. The first-order chi connectivity index (χ1) is 9.47. The van der Waals surface area contributed by atoms with Crippen LogP contribution in [0.5, 0.6) is 0 Å². The fourth-order valence-corrected chi connectivity index (χ4v) is 3.69. The number of aliphatic hydroxyl groups is 1. The van der Waals surface area contributed by atoms with E-state index in [4.69, 9.17) is 0 Å². The predicted octanol–water partition coefficient (Wildman–Crippen LogP) is 1.44. The number of aliphatic hydroxyl groups excluding tert-OH is 1. The summed E-state index contributed by atoms with van der Waals surface area (Å²) in [5, 5.41) is 9.55. The summed E-state index contributed by atoms with van der Waals surface area (Å²) in [5.74, 6) is -0.692. The summed E-state index contributed by atoms with van der Waals surface area (Å²) in [7, 11) is -3.79. The van der Waals surface area contributed by atoms with Crippen LogP contribution < -0.4 is 4.72 Å². The lowest BCUT2D eigenvalue weighted by molar-refractivity contribution is 0.0867. The molecule has 0 aromatic carbocycles. The number of halogens is 1. The number of nitrogens with one attached hydrogen (secondary N) is 1. The third kappa shape index (κ3) is 3.53. The lowest BCUT2D eigenvalue weighted by atomic mass is 9.75. The number of pyridine rings is 1. The largest absolute Gasteiger partial charge is 0.396 e. The fourth-order valence-electron chi connectivity index (χ4n) is 2.56. The van der Waals surface area contributed by atoms with Gasteiger partial charge in [-0.05, 0) is 18.9 Å². The van der Waals surface area contributed by atoms with E-state index in [-0.39, 0.29) is 18.0 Å². The number of rotatable bonds is 5. The molecule has 112 valence electrons. The molecule has 7 heteroatoms. The van der Waals surface area contributed by atoms with Crippen LogP contribution in [0, 0.1) is 11.2 Å². The standard InChI is InChI=1S/C13H19FN2O3S/c14-11-6-12(8-15-7-11)20(18,19)16-9-13(10-17)4-2-1-3-5-13/h6-8,16-17H,1-5,9-10H2. The van der Waals surface area contributed by atoms with E-state index in [2.05, 4.69) is 9.71 Å². The monoisotopic (exact) mass is 302 g/mol. The summed E-state index contributed by atoms with van der Waals surface area (Å²) in [6.07, 6.45) is 6.75. The van der Waals surface area contributed by atoms with Crippen molar-refractivity contribution in [2.24, 2.45) is 5.41 Å². The minimum Gasteiger partial charge on any atom is -0.396 e. The molecule has 0 bridgehead atoms. The van der Waals surface area contributed by atoms with Crippen molar-refractivity contribution in [3.63, 3.8) is 0 Å². The van der Waals surface area contributed by atoms with Crippen LogP contribution >= 0.6 is 0 Å². The van der Waals surface area contributed by atoms with E-state index in [9.17, 15) is 17.9 Å². The number of nitrogens with zero attached hydrogens (tertiary/aromatic N) is 1. The number of aromatic nitrogens is 1. The van der Waals surface area contributed by atoms with Gasteiger partial charge in [0.05, 0.1) is 6.20 Å². The molecule has 20 heavy (non-hydrogen) atoms. The van der Waals surface area contributed by atoms with Crippen molar-refractivity contribution >= 4 is 10.0 Å². The van der Waals surface area contributed by atoms with Crippen molar-refractivity contribution in [3.05, 3.63) is 24.3 Å². The van der Waals surface area contributed by atoms with Crippen LogP contribution in [0.3, 0.4) is 0 Å². The van der Waals surface area contributed by atoms with Gasteiger partial charge in [0.2, 0.25) is 10.0 Å². The van der Waals surface area contributed by atoms with E-state index < -0.39 is 21.3 Å². The van der Waals surface area contributed by atoms with Gasteiger partial charge >= 0.3 is 0 Å². The highest BCUT2D eigenvalue weighted by molar-refractivity contribution is 7.89. The molecule has 0 amide bonds. The SMILES string of the molecule is O=S(=O)(NCC1(CO)CCCCC1)c1cncc(F)c1. The van der Waals surface area contributed by atoms with Crippen molar-refractivity contribution in [2.75, 3.05) is 13.2 Å². The number of sulfonamides is 1. The second kappa shape index (κ2) is 6.15. The molecule has 1 fully saturated rings. The van der Waals surface area contributed by atoms with E-state index in [1.165, 1.54) is 0 Å². The maximum atomic E-state index is 13.0. The Balaban J connectivity index is 2.08. The van der Waals surface area contributed by atoms with Gasteiger partial charge in [0.25, 0.3) is 0 Å². The Labute approximate surface area is 118 Å². The van der Waals surface area contributed by atoms with Crippen LogP contribution in [-0.4, -0.2) is 31.7 Å². The third-order valence-electron chi connectivity index (χ3n) is 3.88. The Hall–Kier alpha value is -1.05. The van der Waals surface area contributed by atoms with Crippen molar-refractivity contribution < 1.29 is 17.9 Å². The summed E-state index contributed by atoms with van der Waals surface area (Å²) in [5.41, 5.74) is -0.397. The van der Waals surface area contributed by atoms with Gasteiger partial charge in [0.1, 0.15) is 10.7 Å². The zero-order valence-electron chi connectivity index (χ0n) is 11.2. The summed E-state index contributed by atoms with van der Waals surface area (Å²) < 4.78 is 39.7. The van der Waals surface area contributed by atoms with Crippen molar-refractivity contribution in [3.8, 4) is 0 Å². The molecule has 1 aliphatic rings. The van der Waals surface area contributed by atoms with Gasteiger partial charge in [-0.2, -0.15) is 0 Å². The second-order valence-corrected chi connectivity index (χ2v) is 7.15. The molecule has 0 spiro atoms. The van der Waals surface area contributed by atoms with Crippen LogP contribution in [0.4, 0.5) is 4.39 Å². The summed E-state index contributed by atoms with van der Waals surface area (Å²) in [6, 6.07) is 0.932. The number of hydrogen-bond acceptors (Lipinski definition) is 4. The maximum Gasteiger partial charge on any atom is 0.242 e. The molecule has 0 aliphatic heterocycles. The first kappa shape index (κ1) is 15.3. The molecular formula is C13H19FN2O3S. The van der Waals surface area contributed by atoms with Crippen molar-refractivity contribution in [1.29, 1.82) is 0 Å². The molecule has 1 saturated carbocycles. The van der Waals surface area contributed by atoms with Gasteiger partial charge < -0.3 is 5.11 Å². The first-order valence-corrected chi connectivity index (χ1v) is 8.17. The summed E-state index contributed by atoms with van der Waals surface area (Å²) in [4.78, 5) is 3.35. The second-order valence-electron chi connectivity index (χ2n) is 5.38. The minimum absolute atomic E-state index is 0.0447. The van der Waals surface area contributed by atoms with Gasteiger partial charge in [-0.3, -0.25) is 4.98 Å². The molecule has 2 rings (SSSR count). The molecule has 1 aromatic heterocycles. The van der Waals surface area contributed by atoms with Gasteiger partial charge in [-0.1, -0.05) is 19.3 Å². The highest BCUT2D eigenvalue weighted by Gasteiger charge is 2.32. The Morgan fingerprint density at radius 2 is 2.00 bits per heavy atom. The van der Waals surface area contributed by atoms with Gasteiger partial charge in [-0.25, -0.2) is 17.5 Å². The average Bonchev–Trinajstić information content (AvgIpc) is 2.46. The van der Waals surface area contributed by atoms with Crippen molar-refractivity contribution in [2.45, 2.75) is 37.0 Å². The molecule has 5 nitrogen and oxygen atoms in total. The average molecular weight is 302 g/mol. The molecule has 0 saturated heterocycles. The topological polar surface area (TPSA) is 79.3 Å². The van der Waals surface area contributed by atoms with E-state index in [1.54, 1.807) is 0 Å². The van der Waals surface area contributed by atoms with E-state index in [0.717, 1.165) is 50.6 Å². The zero-order chi connectivity index (χ0) is 14.6. The van der Waals surface area contributed by atoms with Crippen LogP contribution in [0.15, 0.2) is 23.4 Å². The van der Waals surface area contributed by atoms with Gasteiger partial charge in [-0.15, -0.1) is 0 Å². The molecule has 0 atom stereocenters. The van der Waals surface area contributed by atoms with Crippen LogP contribution in [0.2, 0.25) is 0 Å². The van der Waals surface area contributed by atoms with Crippen LogP contribution in [-0.2, 0) is 10.0 Å².